The van der Waals surface area contributed by atoms with Crippen molar-refractivity contribution in [1.29, 1.82) is 0 Å². The van der Waals surface area contributed by atoms with Crippen LogP contribution in [0.3, 0.4) is 0 Å². The van der Waals surface area contributed by atoms with Crippen LogP contribution in [-0.4, -0.2) is 11.8 Å². The predicted molar refractivity (Wildman–Crippen MR) is 63.4 cm³/mol. The van der Waals surface area contributed by atoms with E-state index in [2.05, 4.69) is 0 Å². The van der Waals surface area contributed by atoms with Crippen LogP contribution >= 0.6 is 11.3 Å². The van der Waals surface area contributed by atoms with Gasteiger partial charge in [-0.1, -0.05) is 0 Å². The van der Waals surface area contributed by atoms with Crippen molar-refractivity contribution in [1.82, 2.24) is 0 Å². The fourth-order valence-electron chi connectivity index (χ4n) is 2.14. The van der Waals surface area contributed by atoms with E-state index in [9.17, 15) is 13.6 Å². The third kappa shape index (κ3) is 2.57. The number of anilines is 1. The molecule has 0 saturated heterocycles. The number of nitrogens with two attached hydrogens (primary N) is 2. The number of nitrogen functional groups attached to an aromatic ring is 1. The maximum absolute atomic E-state index is 13.0. The van der Waals surface area contributed by atoms with Gasteiger partial charge in [0, 0.05) is 17.7 Å². The molecule has 94 valence electrons. The number of amides is 1. The number of rotatable bonds is 2. The van der Waals surface area contributed by atoms with Crippen molar-refractivity contribution in [2.75, 3.05) is 5.73 Å². The van der Waals surface area contributed by atoms with Crippen LogP contribution in [0.25, 0.3) is 0 Å². The number of hydrogen-bond acceptors (Lipinski definition) is 3. The smallest absolute Gasteiger partial charge is 0.251 e. The van der Waals surface area contributed by atoms with Crippen molar-refractivity contribution in [3.8, 4) is 0 Å². The van der Waals surface area contributed by atoms with Crippen molar-refractivity contribution in [3.63, 3.8) is 0 Å². The molecule has 4 N–H and O–H groups in total. The van der Waals surface area contributed by atoms with Gasteiger partial charge in [-0.3, -0.25) is 4.79 Å². The topological polar surface area (TPSA) is 69.1 Å². The summed E-state index contributed by atoms with van der Waals surface area (Å²) in [7, 11) is 0. The Kier molecular flexibility index (Phi) is 3.07. The molecule has 0 radical (unpaired) electrons. The summed E-state index contributed by atoms with van der Waals surface area (Å²) in [5.41, 5.74) is 11.1. The quantitative estimate of drug-likeness (QED) is 0.858. The standard InChI is InChI=1S/C11H14F2N2OS/c12-11(13)3-1-6(2-4-11)8-5-7(9(14)16)10(15)17-8/h5-6H,1-4,15H2,(H2,14,16). The first-order valence-electron chi connectivity index (χ1n) is 5.46. The molecule has 0 bridgehead atoms. The maximum atomic E-state index is 13.0. The molecule has 1 fully saturated rings. The van der Waals surface area contributed by atoms with E-state index in [1.54, 1.807) is 6.07 Å². The molecule has 0 aromatic carbocycles. The maximum Gasteiger partial charge on any atom is 0.251 e. The Hall–Kier alpha value is -1.17. The Morgan fingerprint density at radius 1 is 1.41 bits per heavy atom. The zero-order valence-corrected chi connectivity index (χ0v) is 10.0. The first-order chi connectivity index (χ1) is 7.89. The molecule has 0 spiro atoms. The van der Waals surface area contributed by atoms with Crippen LogP contribution in [0.5, 0.6) is 0 Å². The lowest BCUT2D eigenvalue weighted by Gasteiger charge is -2.27. The summed E-state index contributed by atoms with van der Waals surface area (Å²) in [5, 5.41) is 0.379. The van der Waals surface area contributed by atoms with E-state index in [0.717, 1.165) is 4.88 Å². The third-order valence-corrected chi connectivity index (χ3v) is 4.29. The molecular formula is C11H14F2N2OS. The molecule has 1 aromatic rings. The van der Waals surface area contributed by atoms with Crippen LogP contribution in [0, 0.1) is 0 Å². The number of carbonyl (C=O) groups excluding carboxylic acids is 1. The highest BCUT2D eigenvalue weighted by molar-refractivity contribution is 7.16. The second-order valence-electron chi connectivity index (χ2n) is 4.42. The molecule has 1 heterocycles. The SMILES string of the molecule is NC(=O)c1cc(C2CCC(F)(F)CC2)sc1N. The molecule has 6 heteroatoms. The van der Waals surface area contributed by atoms with Crippen LogP contribution in [0.15, 0.2) is 6.07 Å². The molecule has 0 aliphatic heterocycles. The Bertz CT molecular complexity index is 435. The van der Waals surface area contributed by atoms with Crippen molar-refractivity contribution in [2.24, 2.45) is 5.73 Å². The summed E-state index contributed by atoms with van der Waals surface area (Å²) in [4.78, 5) is 11.9. The lowest BCUT2D eigenvalue weighted by molar-refractivity contribution is -0.0379. The highest BCUT2D eigenvalue weighted by Crippen LogP contribution is 2.43. The van der Waals surface area contributed by atoms with Gasteiger partial charge in [0.2, 0.25) is 5.92 Å². The summed E-state index contributed by atoms with van der Waals surface area (Å²) in [6, 6.07) is 1.65. The molecule has 0 unspecified atom stereocenters. The largest absolute Gasteiger partial charge is 0.390 e. The van der Waals surface area contributed by atoms with Gasteiger partial charge >= 0.3 is 0 Å². The van der Waals surface area contributed by atoms with Gasteiger partial charge in [0.25, 0.3) is 5.91 Å². The molecule has 1 aliphatic carbocycles. The highest BCUT2D eigenvalue weighted by atomic mass is 32.1. The Balaban J connectivity index is 2.14. The van der Waals surface area contributed by atoms with E-state index >= 15 is 0 Å². The fraction of sp³-hybridized carbons (Fsp3) is 0.545. The third-order valence-electron chi connectivity index (χ3n) is 3.16. The van der Waals surface area contributed by atoms with Gasteiger partial charge in [-0.25, -0.2) is 8.78 Å². The van der Waals surface area contributed by atoms with Gasteiger partial charge in [-0.15, -0.1) is 11.3 Å². The van der Waals surface area contributed by atoms with Crippen molar-refractivity contribution in [2.45, 2.75) is 37.5 Å². The summed E-state index contributed by atoms with van der Waals surface area (Å²) in [6.45, 7) is 0. The van der Waals surface area contributed by atoms with E-state index in [1.807, 2.05) is 0 Å². The lowest BCUT2D eigenvalue weighted by atomic mass is 9.86. The first-order valence-corrected chi connectivity index (χ1v) is 6.27. The summed E-state index contributed by atoms with van der Waals surface area (Å²) in [6.07, 6.45) is 0.680. The van der Waals surface area contributed by atoms with Gasteiger partial charge in [0.05, 0.1) is 10.6 Å². The summed E-state index contributed by atoms with van der Waals surface area (Å²) < 4.78 is 26.0. The molecule has 1 saturated carbocycles. The van der Waals surface area contributed by atoms with Crippen LogP contribution in [0.4, 0.5) is 13.8 Å². The van der Waals surface area contributed by atoms with Crippen molar-refractivity contribution >= 4 is 22.2 Å². The first kappa shape index (κ1) is 12.3. The zero-order valence-electron chi connectivity index (χ0n) is 9.21. The van der Waals surface area contributed by atoms with Gasteiger partial charge in [0.15, 0.2) is 0 Å². The minimum absolute atomic E-state index is 0.0787. The van der Waals surface area contributed by atoms with E-state index in [0.29, 0.717) is 23.4 Å². The molecule has 17 heavy (non-hydrogen) atoms. The van der Waals surface area contributed by atoms with E-state index in [-0.39, 0.29) is 18.8 Å². The van der Waals surface area contributed by atoms with Crippen molar-refractivity contribution in [3.05, 3.63) is 16.5 Å². The van der Waals surface area contributed by atoms with Crippen molar-refractivity contribution < 1.29 is 13.6 Å². The minimum atomic E-state index is -2.54. The van der Waals surface area contributed by atoms with Gasteiger partial charge in [-0.2, -0.15) is 0 Å². The minimum Gasteiger partial charge on any atom is -0.390 e. The molecule has 0 atom stereocenters. The Morgan fingerprint density at radius 2 is 2.00 bits per heavy atom. The summed E-state index contributed by atoms with van der Waals surface area (Å²) in [5.74, 6) is -3.02. The van der Waals surface area contributed by atoms with E-state index in [1.165, 1.54) is 11.3 Å². The average molecular weight is 260 g/mol. The molecule has 3 nitrogen and oxygen atoms in total. The normalized spacial score (nSPS) is 20.4. The number of alkyl halides is 2. The number of carbonyl (C=O) groups is 1. The Morgan fingerprint density at radius 3 is 2.47 bits per heavy atom. The fourth-order valence-corrected chi connectivity index (χ4v) is 3.25. The van der Waals surface area contributed by atoms with Gasteiger partial charge in [-0.05, 0) is 24.8 Å². The Labute approximate surface area is 102 Å². The zero-order chi connectivity index (χ0) is 12.6. The second kappa shape index (κ2) is 4.25. The van der Waals surface area contributed by atoms with Crippen LogP contribution < -0.4 is 11.5 Å². The molecule has 1 aromatic heterocycles. The lowest BCUT2D eigenvalue weighted by Crippen LogP contribution is -2.23. The molecule has 1 amide bonds. The molecule has 2 rings (SSSR count). The molecular weight excluding hydrogens is 246 g/mol. The predicted octanol–water partition coefficient (Wildman–Crippen LogP) is 2.72. The number of halogens is 2. The number of thiophene rings is 1. The van der Waals surface area contributed by atoms with Crippen LogP contribution in [0.1, 0.15) is 46.8 Å². The highest BCUT2D eigenvalue weighted by Gasteiger charge is 2.36. The van der Waals surface area contributed by atoms with Crippen LogP contribution in [-0.2, 0) is 0 Å². The number of hydrogen-bond donors (Lipinski definition) is 2. The second-order valence-corrected chi connectivity index (χ2v) is 5.54. The van der Waals surface area contributed by atoms with E-state index < -0.39 is 11.8 Å². The van der Waals surface area contributed by atoms with Crippen LogP contribution in [0.2, 0.25) is 0 Å². The molecule has 1 aliphatic rings. The number of primary amides is 1. The monoisotopic (exact) mass is 260 g/mol. The summed E-state index contributed by atoms with van der Waals surface area (Å²) >= 11 is 1.28. The van der Waals surface area contributed by atoms with Gasteiger partial charge in [0.1, 0.15) is 0 Å². The van der Waals surface area contributed by atoms with E-state index in [4.69, 9.17) is 11.5 Å². The van der Waals surface area contributed by atoms with Gasteiger partial charge < -0.3 is 11.5 Å². The average Bonchev–Trinajstić information content (AvgIpc) is 2.60.